The van der Waals surface area contributed by atoms with Crippen LogP contribution < -0.4 is 0 Å². The molecule has 0 aromatic carbocycles. The highest BCUT2D eigenvalue weighted by atomic mass is 28.4. The second-order valence-electron chi connectivity index (χ2n) is 7.50. The second kappa shape index (κ2) is 9.84. The summed E-state index contributed by atoms with van der Waals surface area (Å²) in [6.07, 6.45) is 6.11. The van der Waals surface area contributed by atoms with E-state index in [-0.39, 0.29) is 0 Å². The summed E-state index contributed by atoms with van der Waals surface area (Å²) in [5, 5.41) is 0. The summed E-state index contributed by atoms with van der Waals surface area (Å²) in [5.74, 6) is 0.560. The van der Waals surface area contributed by atoms with Crippen molar-refractivity contribution in [2.75, 3.05) is 6.61 Å². The van der Waals surface area contributed by atoms with E-state index >= 15 is 0 Å². The van der Waals surface area contributed by atoms with Crippen LogP contribution in [0.15, 0.2) is 11.6 Å². The van der Waals surface area contributed by atoms with Crippen molar-refractivity contribution in [1.29, 1.82) is 0 Å². The lowest BCUT2D eigenvalue weighted by molar-refractivity contribution is 0.243. The minimum Gasteiger partial charge on any atom is -0.415 e. The average molecular weight is 313 g/mol. The Kier molecular flexibility index (Phi) is 9.80. The fraction of sp³-hybridized carbons (Fsp3) is 0.895. The highest BCUT2D eigenvalue weighted by Gasteiger charge is 2.45. The second-order valence-corrected chi connectivity index (χ2v) is 13.0. The molecule has 0 aromatic rings. The van der Waals surface area contributed by atoms with Crippen molar-refractivity contribution in [2.24, 2.45) is 5.92 Å². The molecule has 0 fully saturated rings. The van der Waals surface area contributed by atoms with E-state index in [2.05, 4.69) is 68.4 Å². The van der Waals surface area contributed by atoms with Gasteiger partial charge in [0.15, 0.2) is 8.32 Å². The van der Waals surface area contributed by atoms with E-state index in [4.69, 9.17) is 4.43 Å². The Balaban J connectivity index is 4.90. The van der Waals surface area contributed by atoms with Crippen molar-refractivity contribution < 1.29 is 4.43 Å². The molecular formula is C19H40OSi. The normalized spacial score (nSPS) is 15.3. The molecule has 0 aliphatic rings. The first-order valence-corrected chi connectivity index (χ1v) is 11.2. The molecular weight excluding hydrogens is 272 g/mol. The Hall–Kier alpha value is -0.0831. The van der Waals surface area contributed by atoms with Crippen LogP contribution in [0.2, 0.25) is 16.6 Å². The first kappa shape index (κ1) is 20.9. The third-order valence-corrected chi connectivity index (χ3v) is 11.2. The fourth-order valence-corrected chi connectivity index (χ4v) is 9.47. The molecule has 0 bridgehead atoms. The lowest BCUT2D eigenvalue weighted by Gasteiger charge is -2.43. The zero-order valence-corrected chi connectivity index (χ0v) is 17.1. The van der Waals surface area contributed by atoms with Crippen LogP contribution in [0.3, 0.4) is 0 Å². The van der Waals surface area contributed by atoms with Crippen molar-refractivity contribution in [2.45, 2.75) is 98.2 Å². The minimum atomic E-state index is -1.71. The number of allylic oxidation sites excluding steroid dienone is 1. The van der Waals surface area contributed by atoms with Gasteiger partial charge in [0.05, 0.1) is 0 Å². The van der Waals surface area contributed by atoms with Crippen LogP contribution in [0, 0.1) is 5.92 Å². The largest absolute Gasteiger partial charge is 0.415 e. The van der Waals surface area contributed by atoms with Gasteiger partial charge in [-0.15, -0.1) is 0 Å². The van der Waals surface area contributed by atoms with Crippen molar-refractivity contribution >= 4 is 8.32 Å². The van der Waals surface area contributed by atoms with E-state index in [9.17, 15) is 0 Å². The van der Waals surface area contributed by atoms with Gasteiger partial charge in [-0.25, -0.2) is 0 Å². The number of hydrogen-bond donors (Lipinski definition) is 0. The first-order valence-electron chi connectivity index (χ1n) is 9.02. The maximum atomic E-state index is 6.74. The van der Waals surface area contributed by atoms with Crippen LogP contribution in [0.1, 0.15) is 81.6 Å². The van der Waals surface area contributed by atoms with Crippen molar-refractivity contribution in [1.82, 2.24) is 0 Å². The molecule has 1 nitrogen and oxygen atoms in total. The molecule has 1 atom stereocenters. The molecule has 0 saturated carbocycles. The average Bonchev–Trinajstić information content (AvgIpc) is 2.38. The SMILES string of the molecule is C/C=C(\CCCC)C(C)CO[Si](C(C)C)(C(C)C)C(C)C. The molecule has 0 radical (unpaired) electrons. The molecule has 0 rings (SSSR count). The molecule has 21 heavy (non-hydrogen) atoms. The fourth-order valence-electron chi connectivity index (χ4n) is 3.93. The Bertz CT molecular complexity index is 283. The predicted octanol–water partition coefficient (Wildman–Crippen LogP) is 6.95. The smallest absolute Gasteiger partial charge is 0.200 e. The standard InChI is InChI=1S/C19H40OSi/c1-10-12-13-19(11-2)18(9)14-20-21(15(3)4,16(5)6)17(7)8/h11,15-18H,10,12-14H2,1-9H3/b19-11+. The van der Waals surface area contributed by atoms with Crippen LogP contribution in [0.4, 0.5) is 0 Å². The van der Waals surface area contributed by atoms with Crippen molar-refractivity contribution in [3.63, 3.8) is 0 Å². The number of rotatable bonds is 10. The quantitative estimate of drug-likeness (QED) is 0.313. The predicted molar refractivity (Wildman–Crippen MR) is 99.4 cm³/mol. The molecule has 0 aromatic heterocycles. The molecule has 0 N–H and O–H groups in total. The van der Waals surface area contributed by atoms with Crippen LogP contribution in [0.25, 0.3) is 0 Å². The van der Waals surface area contributed by atoms with Gasteiger partial charge >= 0.3 is 0 Å². The highest BCUT2D eigenvalue weighted by molar-refractivity contribution is 6.77. The molecule has 1 unspecified atom stereocenters. The maximum absolute atomic E-state index is 6.74. The molecule has 0 aliphatic carbocycles. The lowest BCUT2D eigenvalue weighted by atomic mass is 9.97. The zero-order chi connectivity index (χ0) is 16.6. The summed E-state index contributed by atoms with van der Waals surface area (Å²) in [7, 11) is -1.71. The van der Waals surface area contributed by atoms with Gasteiger partial charge in [-0.05, 0) is 42.3 Å². The van der Waals surface area contributed by atoms with Gasteiger partial charge in [0, 0.05) is 6.61 Å². The summed E-state index contributed by atoms with van der Waals surface area (Å²) < 4.78 is 6.74. The summed E-state index contributed by atoms with van der Waals surface area (Å²) in [4.78, 5) is 0. The van der Waals surface area contributed by atoms with Gasteiger partial charge in [0.2, 0.25) is 0 Å². The molecule has 0 spiro atoms. The molecule has 0 aliphatic heterocycles. The summed E-state index contributed by atoms with van der Waals surface area (Å²) in [5.41, 5.74) is 3.61. The Morgan fingerprint density at radius 1 is 0.952 bits per heavy atom. The minimum absolute atomic E-state index is 0.560. The van der Waals surface area contributed by atoms with Crippen molar-refractivity contribution in [3.05, 3.63) is 11.6 Å². The van der Waals surface area contributed by atoms with E-state index in [1.54, 1.807) is 5.57 Å². The van der Waals surface area contributed by atoms with E-state index in [0.29, 0.717) is 22.5 Å². The highest BCUT2D eigenvalue weighted by Crippen LogP contribution is 2.42. The number of unbranched alkanes of at least 4 members (excludes halogenated alkanes) is 1. The molecule has 2 heteroatoms. The van der Waals surface area contributed by atoms with Crippen LogP contribution in [0.5, 0.6) is 0 Å². The summed E-state index contributed by atoms with van der Waals surface area (Å²) >= 11 is 0. The summed E-state index contributed by atoms with van der Waals surface area (Å²) in [6.45, 7) is 21.9. The topological polar surface area (TPSA) is 9.23 Å². The van der Waals surface area contributed by atoms with Gasteiger partial charge in [-0.3, -0.25) is 0 Å². The van der Waals surface area contributed by atoms with Gasteiger partial charge in [-0.2, -0.15) is 0 Å². The maximum Gasteiger partial charge on any atom is 0.200 e. The molecule has 0 heterocycles. The third kappa shape index (κ3) is 5.56. The van der Waals surface area contributed by atoms with Gasteiger partial charge in [0.1, 0.15) is 0 Å². The first-order chi connectivity index (χ1) is 9.73. The number of hydrogen-bond acceptors (Lipinski definition) is 1. The Morgan fingerprint density at radius 2 is 1.43 bits per heavy atom. The van der Waals surface area contributed by atoms with E-state index in [1.165, 1.54) is 19.3 Å². The van der Waals surface area contributed by atoms with Gasteiger partial charge < -0.3 is 4.43 Å². The van der Waals surface area contributed by atoms with Crippen LogP contribution >= 0.6 is 0 Å². The lowest BCUT2D eigenvalue weighted by Crippen LogP contribution is -2.48. The zero-order valence-electron chi connectivity index (χ0n) is 16.1. The molecule has 0 saturated heterocycles. The summed E-state index contributed by atoms with van der Waals surface area (Å²) in [6, 6.07) is 0. The van der Waals surface area contributed by atoms with Crippen molar-refractivity contribution in [3.8, 4) is 0 Å². The monoisotopic (exact) mass is 312 g/mol. The van der Waals surface area contributed by atoms with E-state index in [1.807, 2.05) is 0 Å². The van der Waals surface area contributed by atoms with Gasteiger partial charge in [0.25, 0.3) is 0 Å². The van der Waals surface area contributed by atoms with E-state index in [0.717, 1.165) is 6.61 Å². The Morgan fingerprint density at radius 3 is 1.76 bits per heavy atom. The Labute approximate surface area is 135 Å². The van der Waals surface area contributed by atoms with Crippen LogP contribution in [-0.2, 0) is 4.43 Å². The third-order valence-electron chi connectivity index (χ3n) is 5.11. The van der Waals surface area contributed by atoms with Crippen LogP contribution in [-0.4, -0.2) is 14.9 Å². The molecule has 0 amide bonds. The van der Waals surface area contributed by atoms with Gasteiger partial charge in [-0.1, -0.05) is 73.5 Å². The molecule has 126 valence electrons. The van der Waals surface area contributed by atoms with E-state index < -0.39 is 8.32 Å².